The standard InChI is InChI=1S/C22H18O2P2/c1-13-3-5-17-15(7-13)11-26(24)22-10-19-16(9-20(17)22)12-25(23)21-8-14(2)4-6-18(19)21/h3-10H,11-12H2,1-2H3/q+2. The van der Waals surface area contributed by atoms with E-state index in [1.807, 2.05) is 13.0 Å². The van der Waals surface area contributed by atoms with Gasteiger partial charge in [0.25, 0.3) is 0 Å². The van der Waals surface area contributed by atoms with Crippen molar-refractivity contribution in [1.82, 2.24) is 0 Å². The first-order valence-electron chi connectivity index (χ1n) is 8.78. The van der Waals surface area contributed by atoms with Gasteiger partial charge in [-0.2, -0.15) is 0 Å². The molecule has 126 valence electrons. The first-order valence-corrected chi connectivity index (χ1v) is 11.7. The predicted octanol–water partition coefficient (Wildman–Crippen LogP) is 5.57. The summed E-state index contributed by atoms with van der Waals surface area (Å²) in [6.45, 7) is 4.10. The summed E-state index contributed by atoms with van der Waals surface area (Å²) in [7, 11) is -2.88. The smallest absolute Gasteiger partial charge is 0.0677 e. The maximum absolute atomic E-state index is 13.0. The summed E-state index contributed by atoms with van der Waals surface area (Å²) < 4.78 is 25.8. The number of aryl methyl sites for hydroxylation is 2. The molecule has 0 amide bonds. The van der Waals surface area contributed by atoms with Crippen LogP contribution in [-0.2, 0) is 21.5 Å². The Kier molecular flexibility index (Phi) is 3.51. The summed E-state index contributed by atoms with van der Waals surface area (Å²) in [5, 5.41) is 1.88. The molecule has 2 aliphatic heterocycles. The summed E-state index contributed by atoms with van der Waals surface area (Å²) in [6, 6.07) is 16.8. The molecular weight excluding hydrogens is 358 g/mol. The number of benzene rings is 3. The van der Waals surface area contributed by atoms with Crippen LogP contribution in [0.4, 0.5) is 0 Å². The molecule has 0 aromatic heterocycles. The molecule has 0 fully saturated rings. The van der Waals surface area contributed by atoms with Crippen molar-refractivity contribution in [2.75, 3.05) is 0 Å². The molecule has 0 N–H and O–H groups in total. The Labute approximate surface area is 154 Å². The van der Waals surface area contributed by atoms with E-state index in [0.717, 1.165) is 44.0 Å². The summed E-state index contributed by atoms with van der Waals surface area (Å²) in [6.07, 6.45) is 1.17. The highest BCUT2D eigenvalue weighted by atomic mass is 31.1. The quantitative estimate of drug-likeness (QED) is 0.481. The predicted molar refractivity (Wildman–Crippen MR) is 109 cm³/mol. The van der Waals surface area contributed by atoms with Crippen LogP contribution in [-0.4, -0.2) is 0 Å². The van der Waals surface area contributed by atoms with Crippen LogP contribution in [0.25, 0.3) is 22.3 Å². The molecule has 2 unspecified atom stereocenters. The van der Waals surface area contributed by atoms with Crippen molar-refractivity contribution in [1.29, 1.82) is 0 Å². The van der Waals surface area contributed by atoms with Crippen molar-refractivity contribution < 1.29 is 9.13 Å². The Morgan fingerprint density at radius 3 is 1.92 bits per heavy atom. The lowest BCUT2D eigenvalue weighted by Crippen LogP contribution is -2.16. The minimum absolute atomic E-state index is 0.562. The molecule has 0 saturated heterocycles. The maximum atomic E-state index is 13.0. The summed E-state index contributed by atoms with van der Waals surface area (Å²) in [5.74, 6) is 0. The van der Waals surface area contributed by atoms with Gasteiger partial charge in [-0.1, -0.05) is 39.0 Å². The number of rotatable bonds is 0. The molecule has 26 heavy (non-hydrogen) atoms. The van der Waals surface area contributed by atoms with Crippen LogP contribution >= 0.6 is 15.6 Å². The molecule has 2 atom stereocenters. The van der Waals surface area contributed by atoms with E-state index < -0.39 is 15.6 Å². The monoisotopic (exact) mass is 376 g/mol. The van der Waals surface area contributed by atoms with Gasteiger partial charge in [0.1, 0.15) is 0 Å². The zero-order valence-electron chi connectivity index (χ0n) is 14.7. The second kappa shape index (κ2) is 5.68. The lowest BCUT2D eigenvalue weighted by Gasteiger charge is -2.18. The van der Waals surface area contributed by atoms with Gasteiger partial charge in [-0.05, 0) is 48.7 Å². The van der Waals surface area contributed by atoms with Crippen LogP contribution < -0.4 is 10.6 Å². The lowest BCUT2D eigenvalue weighted by atomic mass is 9.92. The van der Waals surface area contributed by atoms with E-state index in [9.17, 15) is 9.13 Å². The Morgan fingerprint density at radius 1 is 0.615 bits per heavy atom. The third-order valence-electron chi connectivity index (χ3n) is 5.38. The van der Waals surface area contributed by atoms with E-state index in [4.69, 9.17) is 0 Å². The second-order valence-corrected chi connectivity index (χ2v) is 10.4. The second-order valence-electron chi connectivity index (χ2n) is 7.28. The molecule has 5 rings (SSSR count). The zero-order chi connectivity index (χ0) is 18.0. The Morgan fingerprint density at radius 2 is 1.19 bits per heavy atom. The Balaban J connectivity index is 1.78. The van der Waals surface area contributed by atoms with E-state index in [1.54, 1.807) is 0 Å². The first kappa shape index (κ1) is 16.1. The van der Waals surface area contributed by atoms with Gasteiger partial charge < -0.3 is 0 Å². The Hall–Kier alpha value is -2.14. The average molecular weight is 376 g/mol. The van der Waals surface area contributed by atoms with Gasteiger partial charge in [0.05, 0.1) is 0 Å². The molecule has 0 radical (unpaired) electrons. The maximum Gasteiger partial charge on any atom is 0.382 e. The van der Waals surface area contributed by atoms with Crippen LogP contribution in [0, 0.1) is 13.8 Å². The average Bonchev–Trinajstić information content (AvgIpc) is 2.61. The van der Waals surface area contributed by atoms with Gasteiger partial charge in [-0.25, -0.2) is 0 Å². The van der Waals surface area contributed by atoms with Crippen LogP contribution in [0.5, 0.6) is 0 Å². The minimum atomic E-state index is -1.45. The van der Waals surface area contributed by atoms with Crippen LogP contribution in [0.3, 0.4) is 0 Å². The Bertz CT molecular complexity index is 1150. The van der Waals surface area contributed by atoms with Gasteiger partial charge in [0.15, 0.2) is 22.9 Å². The van der Waals surface area contributed by atoms with E-state index in [1.165, 1.54) is 11.1 Å². The molecule has 0 bridgehead atoms. The molecule has 0 spiro atoms. The van der Waals surface area contributed by atoms with Gasteiger partial charge in [0.2, 0.25) is 0 Å². The minimum Gasteiger partial charge on any atom is -0.0677 e. The molecule has 2 heterocycles. The molecular formula is C22H18O2P2+2. The highest BCUT2D eigenvalue weighted by molar-refractivity contribution is 7.53. The van der Waals surface area contributed by atoms with Crippen molar-refractivity contribution in [3.05, 3.63) is 70.8 Å². The fourth-order valence-electron chi connectivity index (χ4n) is 4.11. The molecule has 0 saturated carbocycles. The highest BCUT2D eigenvalue weighted by Gasteiger charge is 2.38. The number of fused-ring (bicyclic) bond motifs is 6. The van der Waals surface area contributed by atoms with Crippen LogP contribution in [0.1, 0.15) is 22.3 Å². The van der Waals surface area contributed by atoms with Gasteiger partial charge in [-0.15, -0.1) is 0 Å². The molecule has 3 aromatic carbocycles. The normalized spacial score (nSPS) is 17.2. The third-order valence-corrected chi connectivity index (χ3v) is 8.45. The van der Waals surface area contributed by atoms with Crippen molar-refractivity contribution in [3.8, 4) is 22.3 Å². The summed E-state index contributed by atoms with van der Waals surface area (Å²) >= 11 is 0. The van der Waals surface area contributed by atoms with Gasteiger partial charge in [-0.3, -0.25) is 0 Å². The third kappa shape index (κ3) is 2.33. The van der Waals surface area contributed by atoms with E-state index in [2.05, 4.69) is 49.4 Å². The van der Waals surface area contributed by atoms with Crippen LogP contribution in [0.15, 0.2) is 48.5 Å². The highest BCUT2D eigenvalue weighted by Crippen LogP contribution is 2.46. The van der Waals surface area contributed by atoms with Crippen molar-refractivity contribution in [3.63, 3.8) is 0 Å². The van der Waals surface area contributed by atoms with E-state index >= 15 is 0 Å². The first-order chi connectivity index (χ1) is 12.5. The molecule has 0 aliphatic carbocycles. The van der Waals surface area contributed by atoms with Gasteiger partial charge >= 0.3 is 15.6 Å². The van der Waals surface area contributed by atoms with Crippen molar-refractivity contribution >= 4 is 26.2 Å². The SMILES string of the molecule is Cc1ccc2c(c1)C[P+](=O)c1cc3c(cc1-2)C[P+](=O)c1cc(C)ccc1-3. The van der Waals surface area contributed by atoms with Crippen molar-refractivity contribution in [2.24, 2.45) is 0 Å². The molecule has 2 nitrogen and oxygen atoms in total. The molecule has 4 heteroatoms. The zero-order valence-corrected chi connectivity index (χ0v) is 16.5. The van der Waals surface area contributed by atoms with Crippen LogP contribution in [0.2, 0.25) is 0 Å². The van der Waals surface area contributed by atoms with Crippen molar-refractivity contribution in [2.45, 2.75) is 26.2 Å². The lowest BCUT2D eigenvalue weighted by molar-refractivity contribution is 0.592. The molecule has 3 aromatic rings. The summed E-state index contributed by atoms with van der Waals surface area (Å²) in [5.41, 5.74) is 8.97. The van der Waals surface area contributed by atoms with E-state index in [0.29, 0.717) is 12.3 Å². The topological polar surface area (TPSA) is 34.1 Å². The summed E-state index contributed by atoms with van der Waals surface area (Å²) in [4.78, 5) is 0. The van der Waals surface area contributed by atoms with Gasteiger partial charge in [0, 0.05) is 28.3 Å². The van der Waals surface area contributed by atoms with E-state index in [-0.39, 0.29) is 0 Å². The fraction of sp³-hybridized carbons (Fsp3) is 0.182. The fourth-order valence-corrected chi connectivity index (χ4v) is 7.13. The number of hydrogen-bond donors (Lipinski definition) is 0. The number of hydrogen-bond acceptors (Lipinski definition) is 2. The largest absolute Gasteiger partial charge is 0.382 e. The molecule has 2 aliphatic rings.